The molecule has 1 saturated heterocycles. The third kappa shape index (κ3) is 3.34. The topological polar surface area (TPSA) is 32.3 Å². The Hall–Kier alpha value is -2.01. The zero-order valence-corrected chi connectivity index (χ0v) is 14.0. The van der Waals surface area contributed by atoms with Gasteiger partial charge in [0.05, 0.1) is 0 Å². The van der Waals surface area contributed by atoms with Crippen molar-refractivity contribution in [3.63, 3.8) is 0 Å². The third-order valence-electron chi connectivity index (χ3n) is 4.15. The van der Waals surface area contributed by atoms with Gasteiger partial charge in [-0.3, -0.25) is 0 Å². The maximum absolute atomic E-state index is 13.1. The van der Waals surface area contributed by atoms with E-state index in [-0.39, 0.29) is 17.2 Å². The normalized spacial score (nSPS) is 17.3. The molecule has 0 aromatic heterocycles. The van der Waals surface area contributed by atoms with Crippen LogP contribution in [0.2, 0.25) is 0 Å². The maximum atomic E-state index is 13.1. The van der Waals surface area contributed by atoms with Gasteiger partial charge in [0.2, 0.25) is 0 Å². The smallest absolute Gasteiger partial charge is 0.308 e. The number of benzene rings is 2. The summed E-state index contributed by atoms with van der Waals surface area (Å²) in [4.78, 5) is 14.5. The number of urea groups is 1. The zero-order chi connectivity index (χ0) is 16.4. The Bertz CT molecular complexity index is 717. The van der Waals surface area contributed by atoms with Crippen LogP contribution < -0.4 is 5.32 Å². The fraction of sp³-hybridized carbons (Fsp3) is 0.278. The molecule has 1 aliphatic rings. The van der Waals surface area contributed by atoms with Crippen molar-refractivity contribution in [2.45, 2.75) is 19.2 Å². The summed E-state index contributed by atoms with van der Waals surface area (Å²) >= 11 is 1.70. The van der Waals surface area contributed by atoms with Crippen LogP contribution in [-0.4, -0.2) is 23.2 Å². The summed E-state index contributed by atoms with van der Waals surface area (Å²) in [7, 11) is 0. The molecule has 2 amide bonds. The molecule has 2 aromatic carbocycles. The molecule has 120 valence electrons. The highest BCUT2D eigenvalue weighted by molar-refractivity contribution is 7.99. The fourth-order valence-electron chi connectivity index (χ4n) is 2.66. The van der Waals surface area contributed by atoms with Gasteiger partial charge in [-0.15, -0.1) is 11.8 Å². The van der Waals surface area contributed by atoms with Crippen LogP contribution in [0.25, 0.3) is 0 Å². The molecule has 1 atom stereocenters. The Kier molecular flexibility index (Phi) is 4.57. The highest BCUT2D eigenvalue weighted by Crippen LogP contribution is 2.38. The molecule has 0 spiro atoms. The average Bonchev–Trinajstić information content (AvgIpc) is 3.02. The van der Waals surface area contributed by atoms with Crippen molar-refractivity contribution in [3.8, 4) is 0 Å². The minimum absolute atomic E-state index is 0.0688. The molecular formula is C18H19FN2OS. The number of nitrogens with zero attached hydrogens (tertiary/aromatic N) is 1. The van der Waals surface area contributed by atoms with Crippen LogP contribution in [0.4, 0.5) is 14.9 Å². The first-order valence-electron chi connectivity index (χ1n) is 7.57. The minimum Gasteiger partial charge on any atom is -0.308 e. The van der Waals surface area contributed by atoms with Gasteiger partial charge in [0, 0.05) is 18.0 Å². The lowest BCUT2D eigenvalue weighted by Crippen LogP contribution is -2.34. The fourth-order valence-corrected chi connectivity index (χ4v) is 3.91. The summed E-state index contributed by atoms with van der Waals surface area (Å²) in [5, 5.41) is 2.93. The number of rotatable bonds is 2. The van der Waals surface area contributed by atoms with E-state index >= 15 is 0 Å². The van der Waals surface area contributed by atoms with Crippen molar-refractivity contribution < 1.29 is 9.18 Å². The summed E-state index contributed by atoms with van der Waals surface area (Å²) in [6.07, 6.45) is 0. The van der Waals surface area contributed by atoms with Gasteiger partial charge in [0.1, 0.15) is 11.2 Å². The van der Waals surface area contributed by atoms with Crippen molar-refractivity contribution in [1.82, 2.24) is 4.90 Å². The van der Waals surface area contributed by atoms with E-state index in [1.807, 2.05) is 32.0 Å². The molecule has 0 saturated carbocycles. The lowest BCUT2D eigenvalue weighted by atomic mass is 10.1. The Balaban J connectivity index is 1.78. The van der Waals surface area contributed by atoms with E-state index in [0.717, 1.165) is 28.1 Å². The van der Waals surface area contributed by atoms with Crippen LogP contribution in [0.15, 0.2) is 42.5 Å². The molecule has 1 aliphatic heterocycles. The van der Waals surface area contributed by atoms with Crippen LogP contribution in [-0.2, 0) is 0 Å². The number of hydrogen-bond acceptors (Lipinski definition) is 2. The van der Waals surface area contributed by atoms with Crippen LogP contribution in [0.1, 0.15) is 22.1 Å². The monoisotopic (exact) mass is 330 g/mol. The van der Waals surface area contributed by atoms with Gasteiger partial charge in [-0.05, 0) is 48.7 Å². The second-order valence-corrected chi connectivity index (χ2v) is 6.83. The lowest BCUT2D eigenvalue weighted by Gasteiger charge is -2.25. The van der Waals surface area contributed by atoms with Crippen LogP contribution >= 0.6 is 11.8 Å². The van der Waals surface area contributed by atoms with Crippen molar-refractivity contribution in [1.29, 1.82) is 0 Å². The predicted molar refractivity (Wildman–Crippen MR) is 93.2 cm³/mol. The lowest BCUT2D eigenvalue weighted by molar-refractivity contribution is 0.214. The Labute approximate surface area is 139 Å². The van der Waals surface area contributed by atoms with Gasteiger partial charge in [0.15, 0.2) is 0 Å². The molecule has 23 heavy (non-hydrogen) atoms. The summed E-state index contributed by atoms with van der Waals surface area (Å²) in [6.45, 7) is 4.71. The molecule has 0 bridgehead atoms. The van der Waals surface area contributed by atoms with E-state index in [0.29, 0.717) is 6.54 Å². The van der Waals surface area contributed by atoms with Gasteiger partial charge >= 0.3 is 6.03 Å². The largest absolute Gasteiger partial charge is 0.323 e. The van der Waals surface area contributed by atoms with Gasteiger partial charge < -0.3 is 10.2 Å². The van der Waals surface area contributed by atoms with Crippen molar-refractivity contribution in [2.75, 3.05) is 17.6 Å². The third-order valence-corrected chi connectivity index (χ3v) is 5.41. The number of hydrogen-bond donors (Lipinski definition) is 1. The number of carbonyl (C=O) groups excluding carboxylic acids is 1. The highest BCUT2D eigenvalue weighted by Gasteiger charge is 2.30. The first-order chi connectivity index (χ1) is 11.1. The zero-order valence-electron chi connectivity index (χ0n) is 13.2. The van der Waals surface area contributed by atoms with Crippen molar-refractivity contribution in [3.05, 3.63) is 65.0 Å². The van der Waals surface area contributed by atoms with Gasteiger partial charge in [-0.25, -0.2) is 9.18 Å². The maximum Gasteiger partial charge on any atom is 0.323 e. The number of amides is 2. The van der Waals surface area contributed by atoms with E-state index in [1.165, 1.54) is 12.1 Å². The standard InChI is InChI=1S/C18H19FN2OS/c1-12-4-3-5-16(13(12)2)20-18(22)21-10-11-23-17(21)14-6-8-15(19)9-7-14/h3-9,17H,10-11H2,1-2H3,(H,20,22). The van der Waals surface area contributed by atoms with Gasteiger partial charge in [0.25, 0.3) is 0 Å². The number of nitrogens with one attached hydrogen (secondary N) is 1. The second kappa shape index (κ2) is 6.62. The molecule has 1 unspecified atom stereocenters. The van der Waals surface area contributed by atoms with Crippen LogP contribution in [0.5, 0.6) is 0 Å². The summed E-state index contributed by atoms with van der Waals surface area (Å²) < 4.78 is 13.1. The number of thioether (sulfide) groups is 1. The van der Waals surface area contributed by atoms with E-state index < -0.39 is 0 Å². The minimum atomic E-state index is -0.261. The molecule has 3 nitrogen and oxygen atoms in total. The number of halogens is 1. The van der Waals surface area contributed by atoms with E-state index in [9.17, 15) is 9.18 Å². The second-order valence-electron chi connectivity index (χ2n) is 5.65. The SMILES string of the molecule is Cc1cccc(NC(=O)N2CCSC2c2ccc(F)cc2)c1C. The molecule has 2 aromatic rings. The number of anilines is 1. The van der Waals surface area contributed by atoms with Crippen molar-refractivity contribution >= 4 is 23.5 Å². The van der Waals surface area contributed by atoms with E-state index in [4.69, 9.17) is 0 Å². The van der Waals surface area contributed by atoms with Gasteiger partial charge in [-0.1, -0.05) is 24.3 Å². The Morgan fingerprint density at radius 2 is 1.96 bits per heavy atom. The summed E-state index contributed by atoms with van der Waals surface area (Å²) in [5.74, 6) is 0.616. The number of aryl methyl sites for hydroxylation is 1. The molecule has 1 heterocycles. The molecule has 1 fully saturated rings. The summed E-state index contributed by atoms with van der Waals surface area (Å²) in [6, 6.07) is 12.1. The van der Waals surface area contributed by atoms with Crippen molar-refractivity contribution in [2.24, 2.45) is 0 Å². The molecular weight excluding hydrogens is 311 g/mol. The average molecular weight is 330 g/mol. The Morgan fingerprint density at radius 3 is 2.70 bits per heavy atom. The van der Waals surface area contributed by atoms with E-state index in [2.05, 4.69) is 5.32 Å². The van der Waals surface area contributed by atoms with Crippen LogP contribution in [0.3, 0.4) is 0 Å². The quantitative estimate of drug-likeness (QED) is 0.864. The predicted octanol–water partition coefficient (Wildman–Crippen LogP) is 4.72. The van der Waals surface area contributed by atoms with Gasteiger partial charge in [-0.2, -0.15) is 0 Å². The Morgan fingerprint density at radius 1 is 1.22 bits per heavy atom. The molecule has 0 radical (unpaired) electrons. The molecule has 5 heteroatoms. The molecule has 0 aliphatic carbocycles. The van der Waals surface area contributed by atoms with E-state index in [1.54, 1.807) is 28.8 Å². The molecule has 3 rings (SSSR count). The highest BCUT2D eigenvalue weighted by atomic mass is 32.2. The number of carbonyl (C=O) groups is 1. The summed E-state index contributed by atoms with van der Waals surface area (Å²) in [5.41, 5.74) is 4.01. The first kappa shape index (κ1) is 15.9. The first-order valence-corrected chi connectivity index (χ1v) is 8.62. The molecule has 1 N–H and O–H groups in total. The van der Waals surface area contributed by atoms with Crippen LogP contribution in [0, 0.1) is 19.7 Å².